The van der Waals surface area contributed by atoms with E-state index in [1.807, 2.05) is 37.3 Å². The number of nitriles is 1. The molecule has 0 atom stereocenters. The molecule has 0 radical (unpaired) electrons. The van der Waals surface area contributed by atoms with Crippen molar-refractivity contribution in [1.29, 1.82) is 5.26 Å². The van der Waals surface area contributed by atoms with Gasteiger partial charge in [0.25, 0.3) is 0 Å². The summed E-state index contributed by atoms with van der Waals surface area (Å²) in [7, 11) is 0. The van der Waals surface area contributed by atoms with Gasteiger partial charge in [-0.05, 0) is 18.6 Å². The third-order valence-corrected chi connectivity index (χ3v) is 2.65. The Morgan fingerprint density at radius 3 is 2.82 bits per heavy atom. The fourth-order valence-corrected chi connectivity index (χ4v) is 1.76. The Balaban J connectivity index is 2.49. The molecule has 0 fully saturated rings. The number of fused-ring (bicyclic) bond motifs is 1. The van der Waals surface area contributed by atoms with Crippen molar-refractivity contribution in [3.05, 3.63) is 41.7 Å². The summed E-state index contributed by atoms with van der Waals surface area (Å²) in [6.07, 6.45) is 1.57. The van der Waals surface area contributed by atoms with Crippen LogP contribution in [-0.4, -0.2) is 0 Å². The van der Waals surface area contributed by atoms with Gasteiger partial charge in [-0.2, -0.15) is 5.26 Å². The van der Waals surface area contributed by atoms with Crippen LogP contribution in [0.3, 0.4) is 0 Å². The van der Waals surface area contributed by atoms with Gasteiger partial charge in [-0.1, -0.05) is 31.5 Å². The molecule has 0 saturated heterocycles. The highest BCUT2D eigenvalue weighted by Crippen LogP contribution is 2.24. The first-order chi connectivity index (χ1) is 8.26. The number of hydrogen-bond acceptors (Lipinski definition) is 3. The van der Waals surface area contributed by atoms with E-state index in [0.717, 1.165) is 17.4 Å². The van der Waals surface area contributed by atoms with Crippen LogP contribution in [0.25, 0.3) is 16.7 Å². The third kappa shape index (κ3) is 2.16. The zero-order valence-electron chi connectivity index (χ0n) is 9.73. The summed E-state index contributed by atoms with van der Waals surface area (Å²) in [6.45, 7) is 2.02. The van der Waals surface area contributed by atoms with Crippen LogP contribution in [0.15, 0.2) is 40.3 Å². The monoisotopic (exact) mass is 226 g/mol. The normalized spacial score (nSPS) is 12.2. The van der Waals surface area contributed by atoms with Gasteiger partial charge < -0.3 is 10.2 Å². The highest BCUT2D eigenvalue weighted by atomic mass is 16.3. The summed E-state index contributed by atoms with van der Waals surface area (Å²) in [5.74, 6) is 0.580. The number of para-hydroxylation sites is 1. The second-order valence-corrected chi connectivity index (χ2v) is 3.90. The van der Waals surface area contributed by atoms with Gasteiger partial charge in [-0.25, -0.2) is 0 Å². The summed E-state index contributed by atoms with van der Waals surface area (Å²) in [6, 6.07) is 11.7. The van der Waals surface area contributed by atoms with Gasteiger partial charge in [0.1, 0.15) is 5.58 Å². The minimum Gasteiger partial charge on any atom is -0.455 e. The second kappa shape index (κ2) is 4.75. The van der Waals surface area contributed by atoms with Crippen molar-refractivity contribution in [3.63, 3.8) is 0 Å². The number of allylic oxidation sites excluding steroid dienone is 1. The predicted molar refractivity (Wildman–Crippen MR) is 67.8 cm³/mol. The molecule has 1 aromatic carbocycles. The SMILES string of the molecule is CCC/C(C#N)=C(/N)c1cc2ccccc2o1. The van der Waals surface area contributed by atoms with Crippen LogP contribution in [0.5, 0.6) is 0 Å². The van der Waals surface area contributed by atoms with E-state index < -0.39 is 0 Å². The molecule has 0 aliphatic heterocycles. The molecule has 0 aliphatic carbocycles. The Kier molecular flexibility index (Phi) is 3.15. The highest BCUT2D eigenvalue weighted by Gasteiger charge is 2.10. The Bertz CT molecular complexity index is 569. The molecule has 3 heteroatoms. The fourth-order valence-electron chi connectivity index (χ4n) is 1.76. The molecule has 86 valence electrons. The van der Waals surface area contributed by atoms with E-state index in [0.29, 0.717) is 23.5 Å². The molecular formula is C14H14N2O. The number of nitrogens with zero attached hydrogens (tertiary/aromatic N) is 1. The van der Waals surface area contributed by atoms with Crippen LogP contribution in [0.1, 0.15) is 25.5 Å². The maximum absolute atomic E-state index is 9.03. The average Bonchev–Trinajstić information content (AvgIpc) is 2.78. The number of benzene rings is 1. The van der Waals surface area contributed by atoms with Crippen molar-refractivity contribution in [2.24, 2.45) is 5.73 Å². The zero-order chi connectivity index (χ0) is 12.3. The fraction of sp³-hybridized carbons (Fsp3) is 0.214. The first-order valence-electron chi connectivity index (χ1n) is 5.64. The molecular weight excluding hydrogens is 212 g/mol. The Morgan fingerprint density at radius 1 is 1.41 bits per heavy atom. The molecule has 0 unspecified atom stereocenters. The first-order valence-corrected chi connectivity index (χ1v) is 5.64. The van der Waals surface area contributed by atoms with Crippen molar-refractivity contribution >= 4 is 16.7 Å². The largest absolute Gasteiger partial charge is 0.455 e. The van der Waals surface area contributed by atoms with Gasteiger partial charge in [-0.15, -0.1) is 0 Å². The van der Waals surface area contributed by atoms with Crippen molar-refractivity contribution < 1.29 is 4.42 Å². The molecule has 2 rings (SSSR count). The van der Waals surface area contributed by atoms with Gasteiger partial charge in [0, 0.05) is 5.39 Å². The number of nitrogens with two attached hydrogens (primary N) is 1. The third-order valence-electron chi connectivity index (χ3n) is 2.65. The van der Waals surface area contributed by atoms with Crippen LogP contribution in [-0.2, 0) is 0 Å². The van der Waals surface area contributed by atoms with Crippen molar-refractivity contribution in [1.82, 2.24) is 0 Å². The summed E-state index contributed by atoms with van der Waals surface area (Å²) >= 11 is 0. The van der Waals surface area contributed by atoms with Crippen molar-refractivity contribution in [3.8, 4) is 6.07 Å². The van der Waals surface area contributed by atoms with Crippen LogP contribution in [0.4, 0.5) is 0 Å². The lowest BCUT2D eigenvalue weighted by Crippen LogP contribution is -1.99. The maximum atomic E-state index is 9.03. The smallest absolute Gasteiger partial charge is 0.152 e. The topological polar surface area (TPSA) is 63.0 Å². The predicted octanol–water partition coefficient (Wildman–Crippen LogP) is 3.43. The maximum Gasteiger partial charge on any atom is 0.152 e. The van der Waals surface area contributed by atoms with E-state index in [1.165, 1.54) is 0 Å². The van der Waals surface area contributed by atoms with Gasteiger partial charge >= 0.3 is 0 Å². The molecule has 0 bridgehead atoms. The number of hydrogen-bond donors (Lipinski definition) is 1. The van der Waals surface area contributed by atoms with Gasteiger partial charge in [0.05, 0.1) is 17.3 Å². The summed E-state index contributed by atoms with van der Waals surface area (Å²) in [4.78, 5) is 0. The van der Waals surface area contributed by atoms with Crippen LogP contribution in [0.2, 0.25) is 0 Å². The van der Waals surface area contributed by atoms with E-state index in [1.54, 1.807) is 0 Å². The Hall–Kier alpha value is -2.21. The highest BCUT2D eigenvalue weighted by molar-refractivity contribution is 5.82. The second-order valence-electron chi connectivity index (χ2n) is 3.90. The lowest BCUT2D eigenvalue weighted by molar-refractivity contribution is 0.597. The minimum absolute atomic E-state index is 0.450. The number of furan rings is 1. The van der Waals surface area contributed by atoms with Gasteiger partial charge in [0.2, 0.25) is 0 Å². The quantitative estimate of drug-likeness (QED) is 0.815. The molecule has 0 saturated carbocycles. The molecule has 0 amide bonds. The zero-order valence-corrected chi connectivity index (χ0v) is 9.73. The summed E-state index contributed by atoms with van der Waals surface area (Å²) in [5, 5.41) is 10.0. The van der Waals surface area contributed by atoms with Gasteiger partial charge in [-0.3, -0.25) is 0 Å². The van der Waals surface area contributed by atoms with E-state index in [4.69, 9.17) is 15.4 Å². The van der Waals surface area contributed by atoms with E-state index in [-0.39, 0.29) is 0 Å². The van der Waals surface area contributed by atoms with Crippen molar-refractivity contribution in [2.75, 3.05) is 0 Å². The van der Waals surface area contributed by atoms with Crippen LogP contribution in [0, 0.1) is 11.3 Å². The lowest BCUT2D eigenvalue weighted by atomic mass is 10.1. The molecule has 0 aliphatic rings. The van der Waals surface area contributed by atoms with Crippen molar-refractivity contribution in [2.45, 2.75) is 19.8 Å². The first kappa shape index (κ1) is 11.3. The Morgan fingerprint density at radius 2 is 2.18 bits per heavy atom. The van der Waals surface area contributed by atoms with E-state index >= 15 is 0 Å². The minimum atomic E-state index is 0.450. The molecule has 1 aromatic heterocycles. The standard InChI is InChI=1S/C14H14N2O/c1-2-5-11(9-15)14(16)13-8-10-6-3-4-7-12(10)17-13/h3-4,6-8H,2,5,16H2,1H3/b14-11-. The molecule has 1 heterocycles. The molecule has 17 heavy (non-hydrogen) atoms. The molecule has 2 aromatic rings. The summed E-state index contributed by atoms with van der Waals surface area (Å²) < 4.78 is 5.62. The molecule has 0 spiro atoms. The van der Waals surface area contributed by atoms with E-state index in [2.05, 4.69) is 6.07 Å². The van der Waals surface area contributed by atoms with E-state index in [9.17, 15) is 0 Å². The number of rotatable bonds is 3. The summed E-state index contributed by atoms with van der Waals surface area (Å²) in [5.41, 5.74) is 7.79. The average molecular weight is 226 g/mol. The van der Waals surface area contributed by atoms with Crippen LogP contribution < -0.4 is 5.73 Å². The molecule has 2 N–H and O–H groups in total. The lowest BCUT2D eigenvalue weighted by Gasteiger charge is -2.00. The van der Waals surface area contributed by atoms with Crippen LogP contribution >= 0.6 is 0 Å². The Labute approximate surface area is 100 Å². The molecule has 3 nitrogen and oxygen atoms in total. The van der Waals surface area contributed by atoms with Gasteiger partial charge in [0.15, 0.2) is 5.76 Å².